The highest BCUT2D eigenvalue weighted by molar-refractivity contribution is 7.09. The lowest BCUT2D eigenvalue weighted by molar-refractivity contribution is 0.0756. The maximum absolute atomic E-state index is 13.0. The van der Waals surface area contributed by atoms with Crippen LogP contribution in [0.4, 0.5) is 4.39 Å². The van der Waals surface area contributed by atoms with Crippen molar-refractivity contribution in [2.45, 2.75) is 19.4 Å². The van der Waals surface area contributed by atoms with Gasteiger partial charge in [-0.05, 0) is 30.7 Å². The zero-order valence-electron chi connectivity index (χ0n) is 14.2. The molecule has 0 spiro atoms. The van der Waals surface area contributed by atoms with Gasteiger partial charge in [0, 0.05) is 44.5 Å². The van der Waals surface area contributed by atoms with Crippen molar-refractivity contribution in [3.63, 3.8) is 0 Å². The van der Waals surface area contributed by atoms with Crippen LogP contribution in [0, 0.1) is 5.82 Å². The van der Waals surface area contributed by atoms with Crippen LogP contribution in [0.15, 0.2) is 29.6 Å². The fourth-order valence-corrected chi connectivity index (χ4v) is 3.78. The minimum Gasteiger partial charge on any atom is -0.336 e. The van der Waals surface area contributed by atoms with Gasteiger partial charge in [-0.25, -0.2) is 9.37 Å². The maximum Gasteiger partial charge on any atom is 0.273 e. The van der Waals surface area contributed by atoms with Crippen LogP contribution in [-0.4, -0.2) is 53.4 Å². The fourth-order valence-electron chi connectivity index (χ4n) is 2.99. The second-order valence-electron chi connectivity index (χ2n) is 6.21. The van der Waals surface area contributed by atoms with Gasteiger partial charge in [0.25, 0.3) is 5.91 Å². The highest BCUT2D eigenvalue weighted by atomic mass is 32.1. The number of amides is 1. The molecule has 25 heavy (non-hydrogen) atoms. The molecule has 7 heteroatoms. The maximum atomic E-state index is 13.0. The predicted molar refractivity (Wildman–Crippen MR) is 97.1 cm³/mol. The van der Waals surface area contributed by atoms with Crippen molar-refractivity contribution in [1.29, 1.82) is 0 Å². The van der Waals surface area contributed by atoms with Crippen LogP contribution in [-0.2, 0) is 13.0 Å². The Balaban J connectivity index is 1.56. The summed E-state index contributed by atoms with van der Waals surface area (Å²) in [7, 11) is 0. The third-order valence-electron chi connectivity index (χ3n) is 4.32. The summed E-state index contributed by atoms with van der Waals surface area (Å²) in [5.74, 6) is -0.211. The summed E-state index contributed by atoms with van der Waals surface area (Å²) in [5.41, 5.74) is 7.16. The predicted octanol–water partition coefficient (Wildman–Crippen LogP) is 2.13. The summed E-state index contributed by atoms with van der Waals surface area (Å²) in [4.78, 5) is 21.2. The average molecular weight is 362 g/mol. The number of carbonyl (C=O) groups excluding carboxylic acids is 1. The molecule has 1 fully saturated rings. The van der Waals surface area contributed by atoms with Crippen LogP contribution >= 0.6 is 11.3 Å². The van der Waals surface area contributed by atoms with Gasteiger partial charge in [-0.15, -0.1) is 11.3 Å². The van der Waals surface area contributed by atoms with Gasteiger partial charge in [0.2, 0.25) is 0 Å². The van der Waals surface area contributed by atoms with E-state index in [2.05, 4.69) is 9.88 Å². The van der Waals surface area contributed by atoms with Crippen LogP contribution in [0.1, 0.15) is 27.5 Å². The zero-order valence-corrected chi connectivity index (χ0v) is 15.0. The summed E-state index contributed by atoms with van der Waals surface area (Å²) < 4.78 is 13.0. The zero-order chi connectivity index (χ0) is 17.6. The Morgan fingerprint density at radius 3 is 2.76 bits per heavy atom. The van der Waals surface area contributed by atoms with E-state index < -0.39 is 0 Å². The Kier molecular flexibility index (Phi) is 6.12. The summed E-state index contributed by atoms with van der Waals surface area (Å²) in [5, 5.41) is 2.74. The van der Waals surface area contributed by atoms with Gasteiger partial charge in [0.05, 0.1) is 5.01 Å². The molecule has 5 nitrogen and oxygen atoms in total. The molecular formula is C18H23FN4OS. The summed E-state index contributed by atoms with van der Waals surface area (Å²) in [6.07, 6.45) is 1.64. The van der Waals surface area contributed by atoms with Crippen LogP contribution in [0.5, 0.6) is 0 Å². The second-order valence-corrected chi connectivity index (χ2v) is 7.16. The largest absolute Gasteiger partial charge is 0.336 e. The fraction of sp³-hybridized carbons (Fsp3) is 0.444. The van der Waals surface area contributed by atoms with E-state index in [9.17, 15) is 9.18 Å². The first-order valence-electron chi connectivity index (χ1n) is 8.56. The Bertz CT molecular complexity index is 703. The van der Waals surface area contributed by atoms with Crippen LogP contribution in [0.2, 0.25) is 0 Å². The van der Waals surface area contributed by atoms with Gasteiger partial charge in [-0.1, -0.05) is 12.1 Å². The molecular weight excluding hydrogens is 339 g/mol. The molecule has 1 aliphatic rings. The molecule has 2 aromatic rings. The Hall–Kier alpha value is -1.83. The van der Waals surface area contributed by atoms with Crippen molar-refractivity contribution in [2.24, 2.45) is 5.73 Å². The molecule has 1 aliphatic heterocycles. The van der Waals surface area contributed by atoms with E-state index in [0.717, 1.165) is 43.2 Å². The third kappa shape index (κ3) is 4.84. The smallest absolute Gasteiger partial charge is 0.273 e. The van der Waals surface area contributed by atoms with Crippen molar-refractivity contribution in [2.75, 3.05) is 32.7 Å². The Labute approximate surface area is 151 Å². The number of aromatic nitrogens is 1. The lowest BCUT2D eigenvalue weighted by Gasteiger charge is -2.21. The lowest BCUT2D eigenvalue weighted by atomic mass is 10.2. The standard InChI is InChI=1S/C18H23FN4OS/c19-15-4-2-14(3-5-15)12-22-8-1-9-23(11-10-22)18(24)16-13-25-17(21-16)6-7-20/h2-5,13H,1,6-12,20H2. The van der Waals surface area contributed by atoms with Gasteiger partial charge in [-0.3, -0.25) is 9.69 Å². The van der Waals surface area contributed by atoms with E-state index >= 15 is 0 Å². The van der Waals surface area contributed by atoms with Crippen molar-refractivity contribution in [3.8, 4) is 0 Å². The molecule has 3 rings (SSSR count). The normalized spacial score (nSPS) is 16.0. The highest BCUT2D eigenvalue weighted by Crippen LogP contribution is 2.15. The number of nitrogens with two attached hydrogens (primary N) is 1. The van der Waals surface area contributed by atoms with Crippen LogP contribution < -0.4 is 5.73 Å². The minimum atomic E-state index is -0.214. The first kappa shape index (κ1) is 18.0. The Morgan fingerprint density at radius 1 is 1.20 bits per heavy atom. The van der Waals surface area contributed by atoms with E-state index in [4.69, 9.17) is 5.73 Å². The SMILES string of the molecule is NCCc1nc(C(=O)N2CCCN(Cc3ccc(F)cc3)CC2)cs1. The van der Waals surface area contributed by atoms with Crippen LogP contribution in [0.3, 0.4) is 0 Å². The number of hydrogen-bond donors (Lipinski definition) is 1. The number of benzene rings is 1. The molecule has 0 bridgehead atoms. The number of nitrogens with zero attached hydrogens (tertiary/aromatic N) is 3. The Morgan fingerprint density at radius 2 is 2.00 bits per heavy atom. The monoisotopic (exact) mass is 362 g/mol. The molecule has 1 aromatic heterocycles. The van der Waals surface area contributed by atoms with Gasteiger partial charge in [0.15, 0.2) is 0 Å². The van der Waals surface area contributed by atoms with Gasteiger partial charge in [-0.2, -0.15) is 0 Å². The van der Waals surface area contributed by atoms with E-state index in [0.29, 0.717) is 25.2 Å². The van der Waals surface area contributed by atoms with Crippen molar-refractivity contribution in [1.82, 2.24) is 14.8 Å². The average Bonchev–Trinajstić information content (AvgIpc) is 2.95. The molecule has 0 saturated carbocycles. The molecule has 1 saturated heterocycles. The van der Waals surface area contributed by atoms with E-state index in [1.54, 1.807) is 0 Å². The topological polar surface area (TPSA) is 62.5 Å². The summed E-state index contributed by atoms with van der Waals surface area (Å²) in [6.45, 7) is 4.48. The number of carbonyl (C=O) groups is 1. The van der Waals surface area contributed by atoms with Gasteiger partial charge < -0.3 is 10.6 Å². The molecule has 1 aromatic carbocycles. The van der Waals surface area contributed by atoms with Gasteiger partial charge >= 0.3 is 0 Å². The third-order valence-corrected chi connectivity index (χ3v) is 5.23. The molecule has 2 heterocycles. The van der Waals surface area contributed by atoms with Crippen molar-refractivity contribution >= 4 is 17.2 Å². The first-order valence-corrected chi connectivity index (χ1v) is 9.44. The van der Waals surface area contributed by atoms with Crippen LogP contribution in [0.25, 0.3) is 0 Å². The second kappa shape index (κ2) is 8.51. The molecule has 0 aliphatic carbocycles. The number of rotatable bonds is 5. The summed E-state index contributed by atoms with van der Waals surface area (Å²) in [6, 6.07) is 6.61. The minimum absolute atomic E-state index is 0.00292. The van der Waals surface area contributed by atoms with Crippen molar-refractivity contribution < 1.29 is 9.18 Å². The molecule has 2 N–H and O–H groups in total. The molecule has 0 unspecified atom stereocenters. The quantitative estimate of drug-likeness (QED) is 0.885. The molecule has 1 amide bonds. The molecule has 134 valence electrons. The van der Waals surface area contributed by atoms with Gasteiger partial charge in [0.1, 0.15) is 11.5 Å². The molecule has 0 atom stereocenters. The molecule has 0 radical (unpaired) electrons. The van der Waals surface area contributed by atoms with E-state index in [-0.39, 0.29) is 11.7 Å². The highest BCUT2D eigenvalue weighted by Gasteiger charge is 2.22. The summed E-state index contributed by atoms with van der Waals surface area (Å²) >= 11 is 1.50. The number of thiazole rings is 1. The van der Waals surface area contributed by atoms with E-state index in [1.807, 2.05) is 22.4 Å². The first-order chi connectivity index (χ1) is 12.2. The lowest BCUT2D eigenvalue weighted by Crippen LogP contribution is -2.35. The number of hydrogen-bond acceptors (Lipinski definition) is 5. The number of halogens is 1. The van der Waals surface area contributed by atoms with Crippen molar-refractivity contribution in [3.05, 3.63) is 51.7 Å². The van der Waals surface area contributed by atoms with E-state index in [1.165, 1.54) is 23.5 Å².